The first kappa shape index (κ1) is 16.2. The molecular formula is C16H24N2O2. The van der Waals surface area contributed by atoms with Crippen molar-refractivity contribution in [1.82, 2.24) is 4.90 Å². The summed E-state index contributed by atoms with van der Waals surface area (Å²) in [5.41, 5.74) is 2.38. The molecule has 0 saturated heterocycles. The van der Waals surface area contributed by atoms with Gasteiger partial charge in [0.2, 0.25) is 0 Å². The molecule has 0 unspecified atom stereocenters. The van der Waals surface area contributed by atoms with Crippen molar-refractivity contribution >= 4 is 17.5 Å². The van der Waals surface area contributed by atoms with Crippen molar-refractivity contribution in [2.75, 3.05) is 11.9 Å². The molecule has 1 aromatic carbocycles. The van der Waals surface area contributed by atoms with Crippen LogP contribution in [0, 0.1) is 13.8 Å². The van der Waals surface area contributed by atoms with Crippen molar-refractivity contribution in [3.8, 4) is 0 Å². The molecule has 0 radical (unpaired) electrons. The van der Waals surface area contributed by atoms with Crippen LogP contribution in [0.1, 0.15) is 38.8 Å². The van der Waals surface area contributed by atoms with Crippen LogP contribution in [0.25, 0.3) is 0 Å². The Bertz CT molecular complexity index is 516. The van der Waals surface area contributed by atoms with Crippen molar-refractivity contribution < 1.29 is 9.59 Å². The lowest BCUT2D eigenvalue weighted by Gasteiger charge is -2.34. The van der Waals surface area contributed by atoms with E-state index < -0.39 is 11.8 Å². The van der Waals surface area contributed by atoms with Crippen molar-refractivity contribution in [2.24, 2.45) is 0 Å². The third-order valence-corrected chi connectivity index (χ3v) is 3.42. The highest BCUT2D eigenvalue weighted by Crippen LogP contribution is 2.19. The van der Waals surface area contributed by atoms with Crippen LogP contribution in [0.5, 0.6) is 0 Å². The summed E-state index contributed by atoms with van der Waals surface area (Å²) in [6, 6.07) is 5.64. The Kier molecular flexibility index (Phi) is 4.93. The third-order valence-electron chi connectivity index (χ3n) is 3.42. The standard InChI is InChI=1S/C16H24N2O2/c1-7-18(16(4,5)6)15(20)14(19)17-13-10-8-9-11(2)12(13)3/h8-10H,7H2,1-6H3,(H,17,19). The van der Waals surface area contributed by atoms with Gasteiger partial charge < -0.3 is 10.2 Å². The number of amides is 2. The summed E-state index contributed by atoms with van der Waals surface area (Å²) in [4.78, 5) is 25.9. The lowest BCUT2D eigenvalue weighted by Crippen LogP contribution is -2.49. The number of benzene rings is 1. The van der Waals surface area contributed by atoms with Gasteiger partial charge in [0, 0.05) is 17.8 Å². The monoisotopic (exact) mass is 276 g/mol. The van der Waals surface area contributed by atoms with Gasteiger partial charge in [0.15, 0.2) is 0 Å². The van der Waals surface area contributed by atoms with E-state index in [4.69, 9.17) is 0 Å². The van der Waals surface area contributed by atoms with Crippen LogP contribution in [0.4, 0.5) is 5.69 Å². The number of anilines is 1. The van der Waals surface area contributed by atoms with Crippen LogP contribution in [0.3, 0.4) is 0 Å². The summed E-state index contributed by atoms with van der Waals surface area (Å²) in [5, 5.41) is 2.71. The molecule has 0 heterocycles. The predicted molar refractivity (Wildman–Crippen MR) is 81.7 cm³/mol. The molecule has 1 aromatic rings. The zero-order valence-corrected chi connectivity index (χ0v) is 13.2. The molecule has 0 aliphatic heterocycles. The van der Waals surface area contributed by atoms with Gasteiger partial charge in [-0.1, -0.05) is 12.1 Å². The lowest BCUT2D eigenvalue weighted by molar-refractivity contribution is -0.146. The second kappa shape index (κ2) is 6.07. The molecule has 110 valence electrons. The van der Waals surface area contributed by atoms with Crippen molar-refractivity contribution in [3.05, 3.63) is 29.3 Å². The average molecular weight is 276 g/mol. The Morgan fingerprint density at radius 3 is 2.30 bits per heavy atom. The molecule has 0 atom stereocenters. The number of hydrogen-bond acceptors (Lipinski definition) is 2. The fourth-order valence-corrected chi connectivity index (χ4v) is 2.11. The van der Waals surface area contributed by atoms with Gasteiger partial charge in [-0.25, -0.2) is 0 Å². The Labute approximate surface area is 121 Å². The van der Waals surface area contributed by atoms with E-state index in [2.05, 4.69) is 5.32 Å². The SMILES string of the molecule is CCN(C(=O)C(=O)Nc1cccc(C)c1C)C(C)(C)C. The minimum Gasteiger partial charge on any atom is -0.330 e. The van der Waals surface area contributed by atoms with Crippen LogP contribution in [0.2, 0.25) is 0 Å². The van der Waals surface area contributed by atoms with E-state index in [9.17, 15) is 9.59 Å². The first-order chi connectivity index (χ1) is 9.18. The zero-order valence-electron chi connectivity index (χ0n) is 13.2. The number of nitrogens with one attached hydrogen (secondary N) is 1. The number of nitrogens with zero attached hydrogens (tertiary/aromatic N) is 1. The molecule has 0 aromatic heterocycles. The topological polar surface area (TPSA) is 49.4 Å². The second-order valence-electron chi connectivity index (χ2n) is 5.92. The van der Waals surface area contributed by atoms with E-state index in [-0.39, 0.29) is 5.54 Å². The minimum atomic E-state index is -0.588. The normalized spacial score (nSPS) is 11.1. The van der Waals surface area contributed by atoms with Gasteiger partial charge in [-0.2, -0.15) is 0 Å². The number of carbonyl (C=O) groups is 2. The minimum absolute atomic E-state index is 0.370. The Morgan fingerprint density at radius 2 is 1.80 bits per heavy atom. The van der Waals surface area contributed by atoms with Crippen molar-refractivity contribution in [1.29, 1.82) is 0 Å². The average Bonchev–Trinajstić information content (AvgIpc) is 2.33. The van der Waals surface area contributed by atoms with Crippen molar-refractivity contribution in [2.45, 2.75) is 47.1 Å². The van der Waals surface area contributed by atoms with Crippen LogP contribution in [-0.2, 0) is 9.59 Å². The first-order valence-electron chi connectivity index (χ1n) is 6.87. The third kappa shape index (κ3) is 3.59. The Morgan fingerprint density at radius 1 is 1.20 bits per heavy atom. The molecule has 1 rings (SSSR count). The van der Waals surface area contributed by atoms with Gasteiger partial charge in [-0.05, 0) is 58.7 Å². The van der Waals surface area contributed by atoms with Gasteiger partial charge in [0.05, 0.1) is 0 Å². The zero-order chi connectivity index (χ0) is 15.5. The number of rotatable bonds is 2. The van der Waals surface area contributed by atoms with Gasteiger partial charge >= 0.3 is 11.8 Å². The predicted octanol–water partition coefficient (Wildman–Crippen LogP) is 2.89. The molecule has 20 heavy (non-hydrogen) atoms. The summed E-state index contributed by atoms with van der Waals surface area (Å²) in [6.45, 7) is 12.0. The van der Waals surface area contributed by atoms with Crippen molar-refractivity contribution in [3.63, 3.8) is 0 Å². The van der Waals surface area contributed by atoms with Crippen LogP contribution >= 0.6 is 0 Å². The summed E-state index contributed by atoms with van der Waals surface area (Å²) >= 11 is 0. The van der Waals surface area contributed by atoms with Gasteiger partial charge in [0.1, 0.15) is 0 Å². The van der Waals surface area contributed by atoms with Gasteiger partial charge in [-0.3, -0.25) is 9.59 Å². The maximum Gasteiger partial charge on any atom is 0.313 e. The van der Waals surface area contributed by atoms with E-state index in [0.717, 1.165) is 11.1 Å². The van der Waals surface area contributed by atoms with Crippen LogP contribution < -0.4 is 5.32 Å². The molecule has 0 aliphatic rings. The molecule has 0 spiro atoms. The first-order valence-corrected chi connectivity index (χ1v) is 6.87. The highest BCUT2D eigenvalue weighted by Gasteiger charge is 2.29. The molecule has 0 aliphatic carbocycles. The van der Waals surface area contributed by atoms with Gasteiger partial charge in [0.25, 0.3) is 0 Å². The molecule has 0 saturated carbocycles. The number of carbonyl (C=O) groups excluding carboxylic acids is 2. The quantitative estimate of drug-likeness (QED) is 0.844. The van der Waals surface area contributed by atoms with E-state index in [1.165, 1.54) is 0 Å². The summed E-state index contributed by atoms with van der Waals surface area (Å²) in [7, 11) is 0. The summed E-state index contributed by atoms with van der Waals surface area (Å²) in [5.74, 6) is -1.09. The molecular weight excluding hydrogens is 252 g/mol. The number of aryl methyl sites for hydroxylation is 1. The summed E-state index contributed by atoms with van der Waals surface area (Å²) in [6.07, 6.45) is 0. The van der Waals surface area contributed by atoms with E-state index >= 15 is 0 Å². The summed E-state index contributed by atoms with van der Waals surface area (Å²) < 4.78 is 0. The molecule has 2 amide bonds. The van der Waals surface area contributed by atoms with Crippen LogP contribution in [0.15, 0.2) is 18.2 Å². The fourth-order valence-electron chi connectivity index (χ4n) is 2.11. The molecule has 0 bridgehead atoms. The van der Waals surface area contributed by atoms with Gasteiger partial charge in [-0.15, -0.1) is 0 Å². The largest absolute Gasteiger partial charge is 0.330 e. The molecule has 1 N–H and O–H groups in total. The number of hydrogen-bond donors (Lipinski definition) is 1. The number of likely N-dealkylation sites (N-methyl/N-ethyl adjacent to an activating group) is 1. The maximum absolute atomic E-state index is 12.2. The van der Waals surface area contributed by atoms with E-state index in [0.29, 0.717) is 12.2 Å². The van der Waals surface area contributed by atoms with E-state index in [1.54, 1.807) is 11.0 Å². The molecule has 4 heteroatoms. The highest BCUT2D eigenvalue weighted by molar-refractivity contribution is 6.39. The van der Waals surface area contributed by atoms with Crippen LogP contribution in [-0.4, -0.2) is 28.8 Å². The Hall–Kier alpha value is -1.84. The highest BCUT2D eigenvalue weighted by atomic mass is 16.2. The maximum atomic E-state index is 12.2. The Balaban J connectivity index is 2.91. The van der Waals surface area contributed by atoms with E-state index in [1.807, 2.05) is 53.7 Å². The second-order valence-corrected chi connectivity index (χ2v) is 5.92. The fraction of sp³-hybridized carbons (Fsp3) is 0.500. The molecule has 4 nitrogen and oxygen atoms in total. The smallest absolute Gasteiger partial charge is 0.313 e. The molecule has 0 fully saturated rings. The lowest BCUT2D eigenvalue weighted by atomic mass is 10.1.